The highest BCUT2D eigenvalue weighted by atomic mass is 35.5. The summed E-state index contributed by atoms with van der Waals surface area (Å²) in [5, 5.41) is 11.5. The summed E-state index contributed by atoms with van der Waals surface area (Å²) >= 11 is 6.01. The summed E-state index contributed by atoms with van der Waals surface area (Å²) in [4.78, 5) is 16.8. The van der Waals surface area contributed by atoms with Gasteiger partial charge in [-0.2, -0.15) is 0 Å². The number of hydrogen-bond donors (Lipinski definition) is 0. The Hall–Kier alpha value is -2.14. The van der Waals surface area contributed by atoms with Crippen molar-refractivity contribution in [2.45, 2.75) is 19.9 Å². The average molecular weight is 304 g/mol. The fourth-order valence-electron chi connectivity index (χ4n) is 2.69. The molecule has 3 rings (SSSR count). The summed E-state index contributed by atoms with van der Waals surface area (Å²) in [6, 6.07) is 7.49. The number of aromatic nitrogens is 1. The van der Waals surface area contributed by atoms with Crippen molar-refractivity contribution in [1.82, 2.24) is 4.98 Å². The Morgan fingerprint density at radius 2 is 2.14 bits per heavy atom. The van der Waals surface area contributed by atoms with Crippen molar-refractivity contribution >= 4 is 23.1 Å². The Labute approximate surface area is 127 Å². The Morgan fingerprint density at radius 3 is 2.86 bits per heavy atom. The third-order valence-corrected chi connectivity index (χ3v) is 3.96. The van der Waals surface area contributed by atoms with E-state index in [0.717, 1.165) is 35.9 Å². The van der Waals surface area contributed by atoms with Gasteiger partial charge in [-0.15, -0.1) is 0 Å². The van der Waals surface area contributed by atoms with Gasteiger partial charge >= 0.3 is 0 Å². The molecule has 5 nitrogen and oxygen atoms in total. The monoisotopic (exact) mass is 303 g/mol. The van der Waals surface area contributed by atoms with E-state index in [1.807, 2.05) is 25.1 Å². The van der Waals surface area contributed by atoms with Gasteiger partial charge in [0.2, 0.25) is 0 Å². The molecule has 0 amide bonds. The number of nitrogens with zero attached hydrogens (tertiary/aromatic N) is 3. The summed E-state index contributed by atoms with van der Waals surface area (Å²) in [5.74, 6) is 0.807. The fourth-order valence-corrected chi connectivity index (χ4v) is 2.88. The number of aryl methyl sites for hydroxylation is 1. The van der Waals surface area contributed by atoms with E-state index in [1.54, 1.807) is 6.07 Å². The summed E-state index contributed by atoms with van der Waals surface area (Å²) in [6.45, 7) is 3.43. The SMILES string of the molecule is Cc1cc([N+](=O)[O-])cnc1N1CCc2cc(Cl)ccc2C1. The molecule has 0 fully saturated rings. The molecule has 0 radical (unpaired) electrons. The van der Waals surface area contributed by atoms with E-state index < -0.39 is 4.92 Å². The van der Waals surface area contributed by atoms with Gasteiger partial charge in [0.15, 0.2) is 0 Å². The van der Waals surface area contributed by atoms with Crippen LogP contribution in [0.2, 0.25) is 5.02 Å². The standard InChI is InChI=1S/C15H14ClN3O2/c1-10-6-14(19(20)21)8-17-15(10)18-5-4-11-7-13(16)3-2-12(11)9-18/h2-3,6-8H,4-5,9H2,1H3. The lowest BCUT2D eigenvalue weighted by molar-refractivity contribution is -0.385. The van der Waals surface area contributed by atoms with Crippen LogP contribution in [0.25, 0.3) is 0 Å². The minimum atomic E-state index is -0.419. The lowest BCUT2D eigenvalue weighted by Crippen LogP contribution is -2.31. The molecule has 0 aliphatic carbocycles. The Balaban J connectivity index is 1.89. The first-order valence-electron chi connectivity index (χ1n) is 6.68. The number of halogens is 1. The van der Waals surface area contributed by atoms with Crippen LogP contribution >= 0.6 is 11.6 Å². The van der Waals surface area contributed by atoms with Crippen molar-refractivity contribution in [2.24, 2.45) is 0 Å². The van der Waals surface area contributed by atoms with Crippen LogP contribution in [0.15, 0.2) is 30.5 Å². The molecule has 0 bridgehead atoms. The van der Waals surface area contributed by atoms with Gasteiger partial charge in [-0.1, -0.05) is 17.7 Å². The fraction of sp³-hybridized carbons (Fsp3) is 0.267. The van der Waals surface area contributed by atoms with Crippen LogP contribution in [0.4, 0.5) is 11.5 Å². The largest absolute Gasteiger partial charge is 0.352 e. The number of rotatable bonds is 2. The van der Waals surface area contributed by atoms with Crippen molar-refractivity contribution in [1.29, 1.82) is 0 Å². The molecule has 1 aromatic carbocycles. The zero-order chi connectivity index (χ0) is 15.0. The average Bonchev–Trinajstić information content (AvgIpc) is 2.46. The van der Waals surface area contributed by atoms with Crippen molar-refractivity contribution < 1.29 is 4.92 Å². The van der Waals surface area contributed by atoms with E-state index in [1.165, 1.54) is 17.3 Å². The molecule has 1 aromatic heterocycles. The Kier molecular flexibility index (Phi) is 3.51. The van der Waals surface area contributed by atoms with Gasteiger partial charge in [0.1, 0.15) is 12.0 Å². The highest BCUT2D eigenvalue weighted by molar-refractivity contribution is 6.30. The second-order valence-corrected chi connectivity index (χ2v) is 5.61. The number of hydrogen-bond acceptors (Lipinski definition) is 4. The zero-order valence-corrected chi connectivity index (χ0v) is 12.3. The van der Waals surface area contributed by atoms with E-state index in [0.29, 0.717) is 0 Å². The van der Waals surface area contributed by atoms with Gasteiger partial charge in [-0.05, 0) is 42.2 Å². The first-order valence-corrected chi connectivity index (χ1v) is 7.05. The second kappa shape index (κ2) is 5.33. The molecule has 0 saturated heterocycles. The summed E-state index contributed by atoms with van der Waals surface area (Å²) < 4.78 is 0. The first-order chi connectivity index (χ1) is 10.0. The molecule has 1 aliphatic rings. The summed E-state index contributed by atoms with van der Waals surface area (Å²) in [6.07, 6.45) is 2.22. The van der Waals surface area contributed by atoms with E-state index >= 15 is 0 Å². The number of fused-ring (bicyclic) bond motifs is 1. The minimum absolute atomic E-state index is 0.0282. The van der Waals surface area contributed by atoms with Gasteiger partial charge in [0, 0.05) is 24.2 Å². The van der Waals surface area contributed by atoms with Crippen LogP contribution in [-0.2, 0) is 13.0 Å². The van der Waals surface area contributed by atoms with E-state index in [9.17, 15) is 10.1 Å². The topological polar surface area (TPSA) is 59.3 Å². The Morgan fingerprint density at radius 1 is 1.33 bits per heavy atom. The first kappa shape index (κ1) is 13.8. The van der Waals surface area contributed by atoms with Gasteiger partial charge in [-0.25, -0.2) is 4.98 Å². The van der Waals surface area contributed by atoms with Crippen LogP contribution in [-0.4, -0.2) is 16.5 Å². The second-order valence-electron chi connectivity index (χ2n) is 5.18. The lowest BCUT2D eigenvalue weighted by atomic mass is 9.99. The zero-order valence-electron chi connectivity index (χ0n) is 11.5. The minimum Gasteiger partial charge on any atom is -0.352 e. The van der Waals surface area contributed by atoms with Crippen molar-refractivity contribution in [2.75, 3.05) is 11.4 Å². The molecular formula is C15H14ClN3O2. The van der Waals surface area contributed by atoms with Crippen LogP contribution in [0.5, 0.6) is 0 Å². The van der Waals surface area contributed by atoms with Crippen molar-refractivity contribution in [3.63, 3.8) is 0 Å². The molecule has 0 N–H and O–H groups in total. The third kappa shape index (κ3) is 2.69. The molecule has 2 aromatic rings. The summed E-state index contributed by atoms with van der Waals surface area (Å²) in [5.41, 5.74) is 3.34. The molecule has 21 heavy (non-hydrogen) atoms. The van der Waals surface area contributed by atoms with Gasteiger partial charge in [-0.3, -0.25) is 10.1 Å². The maximum atomic E-state index is 10.8. The molecule has 2 heterocycles. The predicted molar refractivity (Wildman–Crippen MR) is 81.8 cm³/mol. The molecule has 6 heteroatoms. The van der Waals surface area contributed by atoms with Crippen molar-refractivity contribution in [3.05, 3.63) is 62.3 Å². The highest BCUT2D eigenvalue weighted by Gasteiger charge is 2.20. The van der Waals surface area contributed by atoms with Gasteiger partial charge in [0.05, 0.1) is 4.92 Å². The normalized spacial score (nSPS) is 13.9. The Bertz CT molecular complexity index is 718. The number of nitro groups is 1. The van der Waals surface area contributed by atoms with Crippen LogP contribution in [0.1, 0.15) is 16.7 Å². The van der Waals surface area contributed by atoms with Crippen LogP contribution in [0, 0.1) is 17.0 Å². The molecule has 108 valence electrons. The van der Waals surface area contributed by atoms with E-state index in [-0.39, 0.29) is 5.69 Å². The molecule has 0 atom stereocenters. The van der Waals surface area contributed by atoms with Crippen LogP contribution in [0.3, 0.4) is 0 Å². The quantitative estimate of drug-likeness (QED) is 0.629. The summed E-state index contributed by atoms with van der Waals surface area (Å²) in [7, 11) is 0. The lowest BCUT2D eigenvalue weighted by Gasteiger charge is -2.30. The van der Waals surface area contributed by atoms with Crippen molar-refractivity contribution in [3.8, 4) is 0 Å². The number of pyridine rings is 1. The third-order valence-electron chi connectivity index (χ3n) is 3.73. The molecular weight excluding hydrogens is 290 g/mol. The molecule has 0 unspecified atom stereocenters. The number of benzene rings is 1. The molecule has 0 spiro atoms. The smallest absolute Gasteiger partial charge is 0.287 e. The van der Waals surface area contributed by atoms with E-state index in [2.05, 4.69) is 9.88 Å². The predicted octanol–water partition coefficient (Wildman–Crippen LogP) is 3.51. The number of anilines is 1. The molecule has 1 aliphatic heterocycles. The van der Waals surface area contributed by atoms with Crippen LogP contribution < -0.4 is 4.90 Å². The highest BCUT2D eigenvalue weighted by Crippen LogP contribution is 2.28. The maximum Gasteiger partial charge on any atom is 0.287 e. The van der Waals surface area contributed by atoms with Gasteiger partial charge < -0.3 is 4.90 Å². The maximum absolute atomic E-state index is 10.8. The van der Waals surface area contributed by atoms with E-state index in [4.69, 9.17) is 11.6 Å². The van der Waals surface area contributed by atoms with Gasteiger partial charge in [0.25, 0.3) is 5.69 Å². The molecule has 0 saturated carbocycles.